The number of fused-ring (bicyclic) bond motifs is 1. The summed E-state index contributed by atoms with van der Waals surface area (Å²) in [7, 11) is 0. The molecule has 4 rings (SSSR count). The monoisotopic (exact) mass is 365 g/mol. The predicted octanol–water partition coefficient (Wildman–Crippen LogP) is 3.05. The van der Waals surface area contributed by atoms with Crippen LogP contribution in [-0.2, 0) is 11.3 Å². The molecule has 0 saturated carbocycles. The standard InChI is InChI=1S/C21H23N3O3/c1-14-6-7-16(19(10-14)27-17-8-9-26-13-17)11-22-21(25)18-12-24-15(2)4-3-5-20(24)23-18/h3-7,10,12,17H,8-9,11,13H2,1-2H3,(H,22,25). The number of aryl methyl sites for hydroxylation is 2. The van der Waals surface area contributed by atoms with E-state index in [0.717, 1.165) is 41.2 Å². The number of imidazole rings is 1. The minimum absolute atomic E-state index is 0.0719. The minimum Gasteiger partial charge on any atom is -0.488 e. The van der Waals surface area contributed by atoms with Crippen LogP contribution in [0.25, 0.3) is 5.65 Å². The molecule has 1 amide bonds. The van der Waals surface area contributed by atoms with E-state index in [9.17, 15) is 4.79 Å². The Morgan fingerprint density at radius 2 is 2.22 bits per heavy atom. The van der Waals surface area contributed by atoms with Crippen LogP contribution in [0.2, 0.25) is 0 Å². The van der Waals surface area contributed by atoms with Gasteiger partial charge in [-0.25, -0.2) is 4.98 Å². The lowest BCUT2D eigenvalue weighted by Crippen LogP contribution is -2.24. The largest absolute Gasteiger partial charge is 0.488 e. The van der Waals surface area contributed by atoms with Crippen molar-refractivity contribution in [3.05, 3.63) is 65.1 Å². The zero-order chi connectivity index (χ0) is 18.8. The summed E-state index contributed by atoms with van der Waals surface area (Å²) in [6.07, 6.45) is 2.73. The van der Waals surface area contributed by atoms with Gasteiger partial charge in [0, 0.05) is 30.4 Å². The molecule has 3 heterocycles. The molecule has 1 aliphatic rings. The number of nitrogens with zero attached hydrogens (tertiary/aromatic N) is 2. The van der Waals surface area contributed by atoms with E-state index in [1.165, 1.54) is 0 Å². The topological polar surface area (TPSA) is 64.9 Å². The SMILES string of the molecule is Cc1ccc(CNC(=O)c2cn3c(C)cccc3n2)c(OC2CCOC2)c1. The Balaban J connectivity index is 1.48. The van der Waals surface area contributed by atoms with Gasteiger partial charge in [-0.3, -0.25) is 4.79 Å². The summed E-state index contributed by atoms with van der Waals surface area (Å²) in [5.41, 5.74) is 4.27. The van der Waals surface area contributed by atoms with E-state index in [0.29, 0.717) is 18.8 Å². The third kappa shape index (κ3) is 3.80. The quantitative estimate of drug-likeness (QED) is 0.755. The Hall–Kier alpha value is -2.86. The number of nitrogens with one attached hydrogen (secondary N) is 1. The number of hydrogen-bond acceptors (Lipinski definition) is 4. The Morgan fingerprint density at radius 1 is 1.33 bits per heavy atom. The highest BCUT2D eigenvalue weighted by molar-refractivity contribution is 5.92. The lowest BCUT2D eigenvalue weighted by molar-refractivity contribution is 0.0945. The van der Waals surface area contributed by atoms with Gasteiger partial charge in [0.25, 0.3) is 5.91 Å². The number of carbonyl (C=O) groups excluding carboxylic acids is 1. The smallest absolute Gasteiger partial charge is 0.271 e. The molecule has 1 N–H and O–H groups in total. The van der Waals surface area contributed by atoms with Gasteiger partial charge >= 0.3 is 0 Å². The van der Waals surface area contributed by atoms with Gasteiger partial charge in [-0.15, -0.1) is 0 Å². The van der Waals surface area contributed by atoms with Crippen molar-refractivity contribution in [2.24, 2.45) is 0 Å². The Labute approximate surface area is 158 Å². The van der Waals surface area contributed by atoms with Crippen LogP contribution in [0.5, 0.6) is 5.75 Å². The Bertz CT molecular complexity index is 974. The van der Waals surface area contributed by atoms with Gasteiger partial charge in [0.1, 0.15) is 23.2 Å². The van der Waals surface area contributed by atoms with Crippen molar-refractivity contribution >= 4 is 11.6 Å². The Kier molecular flexibility index (Phi) is 4.81. The maximum atomic E-state index is 12.6. The van der Waals surface area contributed by atoms with Crippen molar-refractivity contribution in [1.29, 1.82) is 0 Å². The minimum atomic E-state index is -0.200. The molecule has 3 aromatic rings. The van der Waals surface area contributed by atoms with E-state index in [2.05, 4.69) is 10.3 Å². The van der Waals surface area contributed by atoms with Crippen LogP contribution in [0.1, 0.15) is 33.7 Å². The number of benzene rings is 1. The first-order chi connectivity index (χ1) is 13.1. The number of aromatic nitrogens is 2. The fourth-order valence-electron chi connectivity index (χ4n) is 3.23. The summed E-state index contributed by atoms with van der Waals surface area (Å²) in [6.45, 7) is 5.74. The molecule has 0 radical (unpaired) electrons. The van der Waals surface area contributed by atoms with Crippen molar-refractivity contribution in [3.8, 4) is 5.75 Å². The number of hydrogen-bond donors (Lipinski definition) is 1. The fourth-order valence-corrected chi connectivity index (χ4v) is 3.23. The summed E-state index contributed by atoms with van der Waals surface area (Å²) in [5.74, 6) is 0.602. The van der Waals surface area contributed by atoms with Crippen LogP contribution in [-0.4, -0.2) is 34.6 Å². The van der Waals surface area contributed by atoms with Gasteiger partial charge in [0.05, 0.1) is 13.2 Å². The number of rotatable bonds is 5. The maximum absolute atomic E-state index is 12.6. The highest BCUT2D eigenvalue weighted by Crippen LogP contribution is 2.24. The normalized spacial score (nSPS) is 16.6. The first-order valence-electron chi connectivity index (χ1n) is 9.17. The lowest BCUT2D eigenvalue weighted by Gasteiger charge is -2.16. The molecule has 1 unspecified atom stereocenters. The van der Waals surface area contributed by atoms with Gasteiger partial charge in [0.2, 0.25) is 0 Å². The van der Waals surface area contributed by atoms with Gasteiger partial charge < -0.3 is 19.2 Å². The molecule has 27 heavy (non-hydrogen) atoms. The van der Waals surface area contributed by atoms with Crippen LogP contribution >= 0.6 is 0 Å². The summed E-state index contributed by atoms with van der Waals surface area (Å²) in [5, 5.41) is 2.95. The van der Waals surface area contributed by atoms with E-state index in [-0.39, 0.29) is 12.0 Å². The van der Waals surface area contributed by atoms with Crippen molar-refractivity contribution in [2.45, 2.75) is 32.9 Å². The van der Waals surface area contributed by atoms with Gasteiger partial charge in [-0.05, 0) is 37.6 Å². The van der Waals surface area contributed by atoms with E-state index >= 15 is 0 Å². The van der Waals surface area contributed by atoms with E-state index in [1.807, 2.05) is 54.6 Å². The Morgan fingerprint density at radius 3 is 3.00 bits per heavy atom. The van der Waals surface area contributed by atoms with Crippen molar-refractivity contribution in [2.75, 3.05) is 13.2 Å². The second-order valence-corrected chi connectivity index (χ2v) is 6.92. The summed E-state index contributed by atoms with van der Waals surface area (Å²) < 4.78 is 13.4. The summed E-state index contributed by atoms with van der Waals surface area (Å²) >= 11 is 0. The van der Waals surface area contributed by atoms with Gasteiger partial charge in [-0.1, -0.05) is 18.2 Å². The van der Waals surface area contributed by atoms with Crippen LogP contribution in [0, 0.1) is 13.8 Å². The second-order valence-electron chi connectivity index (χ2n) is 6.92. The lowest BCUT2D eigenvalue weighted by atomic mass is 10.1. The van der Waals surface area contributed by atoms with E-state index in [4.69, 9.17) is 9.47 Å². The zero-order valence-electron chi connectivity index (χ0n) is 15.6. The molecule has 0 spiro atoms. The molecule has 1 saturated heterocycles. The molecule has 6 nitrogen and oxygen atoms in total. The first-order valence-corrected chi connectivity index (χ1v) is 9.17. The van der Waals surface area contributed by atoms with Crippen molar-refractivity contribution in [3.63, 3.8) is 0 Å². The number of pyridine rings is 1. The molecule has 2 aromatic heterocycles. The molecular formula is C21H23N3O3. The highest BCUT2D eigenvalue weighted by atomic mass is 16.5. The first kappa shape index (κ1) is 17.5. The molecule has 0 bridgehead atoms. The summed E-state index contributed by atoms with van der Waals surface area (Å²) in [6, 6.07) is 11.8. The number of amides is 1. The van der Waals surface area contributed by atoms with Crippen molar-refractivity contribution in [1.82, 2.24) is 14.7 Å². The van der Waals surface area contributed by atoms with Crippen LogP contribution < -0.4 is 10.1 Å². The summed E-state index contributed by atoms with van der Waals surface area (Å²) in [4.78, 5) is 17.0. The maximum Gasteiger partial charge on any atom is 0.271 e. The molecule has 6 heteroatoms. The molecule has 0 aliphatic carbocycles. The number of ether oxygens (including phenoxy) is 2. The van der Waals surface area contributed by atoms with Crippen LogP contribution in [0.4, 0.5) is 0 Å². The number of carbonyl (C=O) groups is 1. The molecular weight excluding hydrogens is 342 g/mol. The second kappa shape index (κ2) is 7.40. The van der Waals surface area contributed by atoms with Crippen LogP contribution in [0.15, 0.2) is 42.6 Å². The average Bonchev–Trinajstić information content (AvgIpc) is 3.31. The molecule has 1 fully saturated rings. The van der Waals surface area contributed by atoms with Gasteiger partial charge in [-0.2, -0.15) is 0 Å². The zero-order valence-corrected chi connectivity index (χ0v) is 15.6. The molecule has 1 aromatic carbocycles. The van der Waals surface area contributed by atoms with Crippen LogP contribution in [0.3, 0.4) is 0 Å². The molecule has 1 atom stereocenters. The van der Waals surface area contributed by atoms with Crippen molar-refractivity contribution < 1.29 is 14.3 Å². The average molecular weight is 365 g/mol. The van der Waals surface area contributed by atoms with Gasteiger partial charge in [0.15, 0.2) is 0 Å². The fraction of sp³-hybridized carbons (Fsp3) is 0.333. The third-order valence-corrected chi connectivity index (χ3v) is 4.77. The molecule has 1 aliphatic heterocycles. The molecule has 140 valence electrons. The third-order valence-electron chi connectivity index (χ3n) is 4.77. The van der Waals surface area contributed by atoms with E-state index in [1.54, 1.807) is 6.20 Å². The highest BCUT2D eigenvalue weighted by Gasteiger charge is 2.19. The predicted molar refractivity (Wildman–Crippen MR) is 102 cm³/mol. The van der Waals surface area contributed by atoms with E-state index < -0.39 is 0 Å².